The summed E-state index contributed by atoms with van der Waals surface area (Å²) in [5, 5.41) is 0.500. The third-order valence-electron chi connectivity index (χ3n) is 5.46. The van der Waals surface area contributed by atoms with E-state index < -0.39 is 10.8 Å². The minimum Gasteiger partial charge on any atom is -0.380 e. The Labute approximate surface area is 195 Å². The lowest BCUT2D eigenvalue weighted by atomic mass is 10.2. The predicted octanol–water partition coefficient (Wildman–Crippen LogP) is 3.41. The highest BCUT2D eigenvalue weighted by atomic mass is 32.2. The SMILES string of the molecule is Cc1c(SCCCOCCN2CCOCC2)ccnc1CS(=O)c1nc2ccccc2[nH]1. The summed E-state index contributed by atoms with van der Waals surface area (Å²) in [6.45, 7) is 8.24. The van der Waals surface area contributed by atoms with Crippen molar-refractivity contribution >= 4 is 33.6 Å². The van der Waals surface area contributed by atoms with Crippen LogP contribution in [0.2, 0.25) is 0 Å². The number of benzene rings is 1. The van der Waals surface area contributed by atoms with Crippen LogP contribution < -0.4 is 0 Å². The number of para-hydroxylation sites is 2. The van der Waals surface area contributed by atoms with Gasteiger partial charge in [0.1, 0.15) is 0 Å². The number of aromatic nitrogens is 3. The number of ether oxygens (including phenoxy) is 2. The average Bonchev–Trinajstić information content (AvgIpc) is 3.26. The smallest absolute Gasteiger partial charge is 0.197 e. The largest absolute Gasteiger partial charge is 0.380 e. The molecule has 2 aromatic heterocycles. The monoisotopic (exact) mass is 474 g/mol. The molecule has 1 N–H and O–H groups in total. The topological polar surface area (TPSA) is 80.3 Å². The molecule has 0 spiro atoms. The number of hydrogen-bond acceptors (Lipinski definition) is 7. The Morgan fingerprint density at radius 2 is 2.06 bits per heavy atom. The maximum Gasteiger partial charge on any atom is 0.197 e. The Balaban J connectivity index is 1.22. The number of rotatable bonds is 11. The first-order valence-electron chi connectivity index (χ1n) is 11.0. The molecule has 172 valence electrons. The summed E-state index contributed by atoms with van der Waals surface area (Å²) in [5.74, 6) is 1.33. The molecule has 0 saturated carbocycles. The number of H-pyrrole nitrogens is 1. The summed E-state index contributed by atoms with van der Waals surface area (Å²) in [7, 11) is -1.27. The molecule has 1 aliphatic heterocycles. The number of pyridine rings is 1. The summed E-state index contributed by atoms with van der Waals surface area (Å²) < 4.78 is 24.0. The Hall–Kier alpha value is -1.78. The van der Waals surface area contributed by atoms with E-state index in [2.05, 4.69) is 26.8 Å². The third-order valence-corrected chi connectivity index (χ3v) is 7.86. The van der Waals surface area contributed by atoms with Crippen LogP contribution in [0.4, 0.5) is 0 Å². The molecule has 3 heterocycles. The van der Waals surface area contributed by atoms with Crippen LogP contribution in [-0.4, -0.2) is 75.9 Å². The third kappa shape index (κ3) is 6.39. The molecular formula is C23H30N4O3S2. The van der Waals surface area contributed by atoms with Gasteiger partial charge in [0.2, 0.25) is 0 Å². The first-order valence-corrected chi connectivity index (χ1v) is 13.3. The normalized spacial score (nSPS) is 15.9. The van der Waals surface area contributed by atoms with E-state index >= 15 is 0 Å². The molecule has 1 aromatic carbocycles. The first kappa shape index (κ1) is 23.4. The number of imidazole rings is 1. The number of nitrogens with zero attached hydrogens (tertiary/aromatic N) is 3. The number of nitrogens with one attached hydrogen (secondary N) is 1. The van der Waals surface area contributed by atoms with Crippen molar-refractivity contribution in [2.45, 2.75) is 29.1 Å². The fourth-order valence-corrected chi connectivity index (χ4v) is 5.63. The van der Waals surface area contributed by atoms with Crippen molar-refractivity contribution in [2.24, 2.45) is 0 Å². The van der Waals surface area contributed by atoms with Gasteiger partial charge in [0.05, 0.1) is 53.1 Å². The second-order valence-corrected chi connectivity index (χ2v) is 10.2. The highest BCUT2D eigenvalue weighted by Crippen LogP contribution is 2.25. The van der Waals surface area contributed by atoms with Crippen LogP contribution in [0.5, 0.6) is 0 Å². The van der Waals surface area contributed by atoms with E-state index in [0.29, 0.717) is 10.9 Å². The van der Waals surface area contributed by atoms with Crippen molar-refractivity contribution in [2.75, 3.05) is 51.8 Å². The molecule has 0 aliphatic carbocycles. The molecule has 1 fully saturated rings. The van der Waals surface area contributed by atoms with Crippen molar-refractivity contribution in [1.29, 1.82) is 0 Å². The van der Waals surface area contributed by atoms with Gasteiger partial charge in [-0.2, -0.15) is 0 Å². The van der Waals surface area contributed by atoms with Gasteiger partial charge in [0.25, 0.3) is 0 Å². The molecule has 0 bridgehead atoms. The van der Waals surface area contributed by atoms with E-state index in [9.17, 15) is 4.21 Å². The van der Waals surface area contributed by atoms with Gasteiger partial charge in [-0.1, -0.05) is 12.1 Å². The van der Waals surface area contributed by atoms with Crippen LogP contribution in [0.3, 0.4) is 0 Å². The van der Waals surface area contributed by atoms with Gasteiger partial charge >= 0.3 is 0 Å². The zero-order valence-electron chi connectivity index (χ0n) is 18.4. The quantitative estimate of drug-likeness (QED) is 0.337. The predicted molar refractivity (Wildman–Crippen MR) is 129 cm³/mol. The average molecular weight is 475 g/mol. The van der Waals surface area contributed by atoms with Crippen LogP contribution in [0.15, 0.2) is 46.6 Å². The van der Waals surface area contributed by atoms with Crippen molar-refractivity contribution < 1.29 is 13.7 Å². The lowest BCUT2D eigenvalue weighted by Gasteiger charge is -2.26. The van der Waals surface area contributed by atoms with Crippen molar-refractivity contribution in [3.8, 4) is 0 Å². The van der Waals surface area contributed by atoms with Gasteiger partial charge in [0, 0.05) is 43.1 Å². The van der Waals surface area contributed by atoms with Gasteiger partial charge in [-0.05, 0) is 37.1 Å². The summed E-state index contributed by atoms with van der Waals surface area (Å²) in [6, 6.07) is 9.76. The molecule has 3 aromatic rings. The maximum atomic E-state index is 12.9. The lowest BCUT2D eigenvalue weighted by Crippen LogP contribution is -2.38. The van der Waals surface area contributed by atoms with Gasteiger partial charge in [0.15, 0.2) is 5.16 Å². The fourth-order valence-electron chi connectivity index (χ4n) is 3.55. The van der Waals surface area contributed by atoms with Crippen LogP contribution in [0.25, 0.3) is 11.0 Å². The van der Waals surface area contributed by atoms with E-state index in [4.69, 9.17) is 9.47 Å². The number of fused-ring (bicyclic) bond motifs is 1. The van der Waals surface area contributed by atoms with E-state index in [1.165, 1.54) is 4.90 Å². The molecule has 0 amide bonds. The Bertz CT molecular complexity index is 1000. The molecule has 32 heavy (non-hydrogen) atoms. The molecule has 1 unspecified atom stereocenters. The Kier molecular flexibility index (Phi) is 8.69. The number of hydrogen-bond donors (Lipinski definition) is 1. The Morgan fingerprint density at radius 3 is 2.91 bits per heavy atom. The number of aromatic amines is 1. The summed E-state index contributed by atoms with van der Waals surface area (Å²) >= 11 is 1.80. The minimum atomic E-state index is -1.27. The number of morpholine rings is 1. The molecule has 0 radical (unpaired) electrons. The van der Waals surface area contributed by atoms with E-state index in [1.807, 2.05) is 30.3 Å². The molecular weight excluding hydrogens is 444 g/mol. The van der Waals surface area contributed by atoms with E-state index in [-0.39, 0.29) is 0 Å². The van der Waals surface area contributed by atoms with Crippen molar-refractivity contribution in [1.82, 2.24) is 19.9 Å². The van der Waals surface area contributed by atoms with E-state index in [1.54, 1.807) is 18.0 Å². The van der Waals surface area contributed by atoms with Gasteiger partial charge in [-0.15, -0.1) is 11.8 Å². The summed E-state index contributed by atoms with van der Waals surface area (Å²) in [6.07, 6.45) is 2.80. The lowest BCUT2D eigenvalue weighted by molar-refractivity contribution is 0.0206. The molecule has 9 heteroatoms. The van der Waals surface area contributed by atoms with E-state index in [0.717, 1.165) is 80.5 Å². The standard InChI is InChI=1S/C23H30N4O3S2/c1-18-21(17-32(28)23-25-19-5-2-3-6-20(19)26-23)24-8-7-22(18)31-16-4-12-29-13-9-27-10-14-30-15-11-27/h2-3,5-8H,4,9-17H2,1H3,(H,25,26). The fraction of sp³-hybridized carbons (Fsp3) is 0.478. The van der Waals surface area contributed by atoms with Crippen LogP contribution >= 0.6 is 11.8 Å². The first-order chi connectivity index (χ1) is 15.7. The second kappa shape index (κ2) is 11.9. The number of thioether (sulfide) groups is 1. The molecule has 4 rings (SSSR count). The minimum absolute atomic E-state index is 0.352. The zero-order valence-corrected chi connectivity index (χ0v) is 20.1. The Morgan fingerprint density at radius 1 is 1.22 bits per heavy atom. The summed E-state index contributed by atoms with van der Waals surface area (Å²) in [5.41, 5.74) is 3.68. The highest BCUT2D eigenvalue weighted by Gasteiger charge is 2.14. The van der Waals surface area contributed by atoms with Crippen molar-refractivity contribution in [3.63, 3.8) is 0 Å². The molecule has 1 atom stereocenters. The van der Waals surface area contributed by atoms with Gasteiger partial charge in [-0.25, -0.2) is 4.98 Å². The molecule has 1 aliphatic rings. The summed E-state index contributed by atoms with van der Waals surface area (Å²) in [4.78, 5) is 15.7. The van der Waals surface area contributed by atoms with Gasteiger partial charge in [-0.3, -0.25) is 14.1 Å². The van der Waals surface area contributed by atoms with Crippen LogP contribution in [-0.2, 0) is 26.0 Å². The second-order valence-electron chi connectivity index (χ2n) is 7.70. The van der Waals surface area contributed by atoms with Gasteiger partial charge < -0.3 is 14.5 Å². The van der Waals surface area contributed by atoms with Crippen LogP contribution in [0, 0.1) is 6.92 Å². The zero-order chi connectivity index (χ0) is 22.2. The highest BCUT2D eigenvalue weighted by molar-refractivity contribution is 7.99. The van der Waals surface area contributed by atoms with Crippen LogP contribution in [0.1, 0.15) is 17.7 Å². The molecule has 7 nitrogen and oxygen atoms in total. The van der Waals surface area contributed by atoms with Crippen molar-refractivity contribution in [3.05, 3.63) is 47.8 Å². The molecule has 1 saturated heterocycles. The maximum absolute atomic E-state index is 12.9.